The molecule has 1 nitrogen and oxygen atoms in total. The van der Waals surface area contributed by atoms with Gasteiger partial charge in [0.05, 0.1) is 0 Å². The second-order valence-electron chi connectivity index (χ2n) is 4.63. The topological polar surface area (TPSA) is 26.0 Å². The third-order valence-corrected chi connectivity index (χ3v) is 4.30. The van der Waals surface area contributed by atoms with Crippen LogP contribution in [0.5, 0.6) is 0 Å². The molecule has 0 aliphatic carbocycles. The van der Waals surface area contributed by atoms with Gasteiger partial charge in [-0.1, -0.05) is 35.5 Å². The van der Waals surface area contributed by atoms with E-state index in [9.17, 15) is 4.39 Å². The molecule has 2 N–H and O–H groups in total. The number of rotatable bonds is 4. The van der Waals surface area contributed by atoms with Crippen LogP contribution in [0.25, 0.3) is 0 Å². The Labute approximate surface area is 118 Å². The number of benzene rings is 2. The van der Waals surface area contributed by atoms with Gasteiger partial charge in [-0.3, -0.25) is 0 Å². The first kappa shape index (κ1) is 14.1. The van der Waals surface area contributed by atoms with Gasteiger partial charge in [0.15, 0.2) is 0 Å². The maximum atomic E-state index is 13.8. The summed E-state index contributed by atoms with van der Waals surface area (Å²) in [6.07, 6.45) is 0.569. The molecule has 100 valence electrons. The van der Waals surface area contributed by atoms with E-state index in [-0.39, 0.29) is 5.82 Å². The summed E-state index contributed by atoms with van der Waals surface area (Å²) < 4.78 is 13.8. The lowest BCUT2D eigenvalue weighted by Gasteiger charge is -2.11. The van der Waals surface area contributed by atoms with Crippen LogP contribution in [-0.2, 0) is 6.42 Å². The van der Waals surface area contributed by atoms with Crippen LogP contribution in [0.2, 0.25) is 0 Å². The van der Waals surface area contributed by atoms with E-state index in [4.69, 9.17) is 5.73 Å². The molecule has 0 aliphatic rings. The predicted octanol–water partition coefficient (Wildman–Crippen LogP) is 4.09. The molecule has 0 saturated heterocycles. The van der Waals surface area contributed by atoms with Crippen LogP contribution < -0.4 is 5.73 Å². The molecule has 0 unspecified atom stereocenters. The SMILES string of the molecule is Cc1ccc(Sc2cccc(F)c2CCN)c(C)c1. The predicted molar refractivity (Wildman–Crippen MR) is 79.2 cm³/mol. The van der Waals surface area contributed by atoms with Crippen molar-refractivity contribution in [1.29, 1.82) is 0 Å². The molecule has 3 heteroatoms. The lowest BCUT2D eigenvalue weighted by atomic mass is 10.1. The summed E-state index contributed by atoms with van der Waals surface area (Å²) in [5, 5.41) is 0. The van der Waals surface area contributed by atoms with E-state index < -0.39 is 0 Å². The van der Waals surface area contributed by atoms with Crippen molar-refractivity contribution >= 4 is 11.8 Å². The van der Waals surface area contributed by atoms with Crippen molar-refractivity contribution in [2.75, 3.05) is 6.54 Å². The van der Waals surface area contributed by atoms with E-state index in [0.717, 1.165) is 15.4 Å². The zero-order chi connectivity index (χ0) is 13.8. The van der Waals surface area contributed by atoms with Crippen LogP contribution in [0.1, 0.15) is 16.7 Å². The van der Waals surface area contributed by atoms with Crippen molar-refractivity contribution in [3.63, 3.8) is 0 Å². The molecule has 0 atom stereocenters. The van der Waals surface area contributed by atoms with Crippen molar-refractivity contribution in [2.24, 2.45) is 5.73 Å². The second-order valence-corrected chi connectivity index (χ2v) is 5.71. The average molecular weight is 275 g/mol. The molecule has 0 radical (unpaired) electrons. The number of aryl methyl sites for hydroxylation is 2. The minimum absolute atomic E-state index is 0.166. The Morgan fingerprint density at radius 3 is 2.58 bits per heavy atom. The van der Waals surface area contributed by atoms with E-state index >= 15 is 0 Å². The number of halogens is 1. The maximum Gasteiger partial charge on any atom is 0.127 e. The summed E-state index contributed by atoms with van der Waals surface area (Å²) in [6, 6.07) is 11.5. The monoisotopic (exact) mass is 275 g/mol. The van der Waals surface area contributed by atoms with E-state index in [1.165, 1.54) is 17.2 Å². The molecular weight excluding hydrogens is 257 g/mol. The molecule has 2 aromatic rings. The van der Waals surface area contributed by atoms with E-state index in [1.54, 1.807) is 17.8 Å². The standard InChI is InChI=1S/C16H18FNS/c1-11-6-7-15(12(2)10-11)19-16-5-3-4-14(17)13(16)8-9-18/h3-7,10H,8-9,18H2,1-2H3. The molecule has 2 rings (SSSR count). The third-order valence-electron chi connectivity index (χ3n) is 3.02. The van der Waals surface area contributed by atoms with Crippen LogP contribution >= 0.6 is 11.8 Å². The number of hydrogen-bond acceptors (Lipinski definition) is 2. The van der Waals surface area contributed by atoms with Crippen molar-refractivity contribution < 1.29 is 4.39 Å². The van der Waals surface area contributed by atoms with Crippen molar-refractivity contribution in [1.82, 2.24) is 0 Å². The van der Waals surface area contributed by atoms with Crippen molar-refractivity contribution in [3.05, 3.63) is 58.9 Å². The third kappa shape index (κ3) is 3.37. The molecule has 0 spiro atoms. The average Bonchev–Trinajstić information content (AvgIpc) is 2.37. The lowest BCUT2D eigenvalue weighted by Crippen LogP contribution is -2.05. The summed E-state index contributed by atoms with van der Waals surface area (Å²) in [6.45, 7) is 4.61. The Morgan fingerprint density at radius 2 is 1.89 bits per heavy atom. The Morgan fingerprint density at radius 1 is 1.11 bits per heavy atom. The van der Waals surface area contributed by atoms with Gasteiger partial charge in [-0.25, -0.2) is 4.39 Å². The van der Waals surface area contributed by atoms with Gasteiger partial charge in [-0.05, 0) is 50.6 Å². The van der Waals surface area contributed by atoms with Crippen molar-refractivity contribution in [2.45, 2.75) is 30.1 Å². The number of hydrogen-bond donors (Lipinski definition) is 1. The van der Waals surface area contributed by atoms with Gasteiger partial charge < -0.3 is 5.73 Å². The summed E-state index contributed by atoms with van der Waals surface area (Å²) in [5.74, 6) is -0.166. The molecule has 0 aliphatic heterocycles. The van der Waals surface area contributed by atoms with Gasteiger partial charge in [-0.2, -0.15) is 0 Å². The van der Waals surface area contributed by atoms with E-state index in [1.807, 2.05) is 6.07 Å². The summed E-state index contributed by atoms with van der Waals surface area (Å²) in [5.41, 5.74) is 8.74. The van der Waals surface area contributed by atoms with Crippen LogP contribution in [0.15, 0.2) is 46.2 Å². The summed E-state index contributed by atoms with van der Waals surface area (Å²) in [7, 11) is 0. The first-order chi connectivity index (χ1) is 9.11. The normalized spacial score (nSPS) is 10.7. The van der Waals surface area contributed by atoms with Gasteiger partial charge in [0.25, 0.3) is 0 Å². The molecule has 0 aromatic heterocycles. The first-order valence-corrected chi connectivity index (χ1v) is 7.16. The first-order valence-electron chi connectivity index (χ1n) is 6.34. The molecule has 0 bridgehead atoms. The highest BCUT2D eigenvalue weighted by atomic mass is 32.2. The van der Waals surface area contributed by atoms with Crippen LogP contribution in [0.3, 0.4) is 0 Å². The number of nitrogens with two attached hydrogens (primary N) is 1. The molecule has 0 heterocycles. The fourth-order valence-corrected chi connectivity index (χ4v) is 3.12. The molecule has 0 saturated carbocycles. The molecule has 0 amide bonds. The molecule has 2 aromatic carbocycles. The quantitative estimate of drug-likeness (QED) is 0.909. The van der Waals surface area contributed by atoms with E-state index in [0.29, 0.717) is 13.0 Å². The minimum atomic E-state index is -0.166. The Hall–Kier alpha value is -1.32. The summed E-state index contributed by atoms with van der Waals surface area (Å²) in [4.78, 5) is 2.12. The largest absolute Gasteiger partial charge is 0.330 e. The Bertz CT molecular complexity index is 581. The lowest BCUT2D eigenvalue weighted by molar-refractivity contribution is 0.603. The fourth-order valence-electron chi connectivity index (χ4n) is 2.05. The highest BCUT2D eigenvalue weighted by molar-refractivity contribution is 7.99. The van der Waals surface area contributed by atoms with E-state index in [2.05, 4.69) is 32.0 Å². The fraction of sp³-hybridized carbons (Fsp3) is 0.250. The highest BCUT2D eigenvalue weighted by Gasteiger charge is 2.10. The second kappa shape index (κ2) is 6.22. The Balaban J connectivity index is 2.35. The van der Waals surface area contributed by atoms with Crippen molar-refractivity contribution in [3.8, 4) is 0 Å². The Kier molecular flexibility index (Phi) is 4.61. The van der Waals surface area contributed by atoms with Gasteiger partial charge in [0, 0.05) is 15.4 Å². The van der Waals surface area contributed by atoms with Gasteiger partial charge in [0.1, 0.15) is 5.82 Å². The molecular formula is C16H18FNS. The summed E-state index contributed by atoms with van der Waals surface area (Å²) >= 11 is 1.61. The molecule has 0 fully saturated rings. The van der Waals surface area contributed by atoms with Crippen LogP contribution in [0, 0.1) is 19.7 Å². The van der Waals surface area contributed by atoms with Gasteiger partial charge in [0.2, 0.25) is 0 Å². The zero-order valence-corrected chi connectivity index (χ0v) is 12.1. The van der Waals surface area contributed by atoms with Gasteiger partial charge >= 0.3 is 0 Å². The highest BCUT2D eigenvalue weighted by Crippen LogP contribution is 2.34. The van der Waals surface area contributed by atoms with Crippen LogP contribution in [0.4, 0.5) is 4.39 Å². The van der Waals surface area contributed by atoms with Gasteiger partial charge in [-0.15, -0.1) is 0 Å². The van der Waals surface area contributed by atoms with Crippen LogP contribution in [-0.4, -0.2) is 6.54 Å². The molecule has 19 heavy (non-hydrogen) atoms. The smallest absolute Gasteiger partial charge is 0.127 e. The minimum Gasteiger partial charge on any atom is -0.330 e. The maximum absolute atomic E-state index is 13.8. The zero-order valence-electron chi connectivity index (χ0n) is 11.2.